The molecule has 0 saturated carbocycles. The Kier molecular flexibility index (Phi) is 0.987. The maximum Gasteiger partial charge on any atom is 0.137 e. The molecule has 0 fully saturated rings. The summed E-state index contributed by atoms with van der Waals surface area (Å²) in [6.45, 7) is 0. The van der Waals surface area contributed by atoms with Gasteiger partial charge in [-0.15, -0.1) is 0 Å². The third-order valence-corrected chi connectivity index (χ3v) is 2.30. The van der Waals surface area contributed by atoms with Crippen LogP contribution in [0.5, 0.6) is 0 Å². The van der Waals surface area contributed by atoms with Crippen molar-refractivity contribution >= 4 is 11.7 Å². The zero-order valence-electron chi connectivity index (χ0n) is 6.57. The monoisotopic (exact) mass is 156 g/mol. The summed E-state index contributed by atoms with van der Waals surface area (Å²) in [7, 11) is 0. The van der Waals surface area contributed by atoms with E-state index in [2.05, 4.69) is 33.7 Å². The van der Waals surface area contributed by atoms with E-state index in [4.69, 9.17) is 0 Å². The molecule has 0 spiro atoms. The molecule has 2 heteroatoms. The highest BCUT2D eigenvalue weighted by molar-refractivity contribution is 5.60. The van der Waals surface area contributed by atoms with Gasteiger partial charge in [0.2, 0.25) is 0 Å². The maximum absolute atomic E-state index is 4.23. The van der Waals surface area contributed by atoms with Gasteiger partial charge in [0.1, 0.15) is 5.65 Å². The average Bonchev–Trinajstić information content (AvgIpc) is 2.71. The number of rotatable bonds is 0. The van der Waals surface area contributed by atoms with Crippen LogP contribution >= 0.6 is 0 Å². The van der Waals surface area contributed by atoms with Crippen molar-refractivity contribution in [2.24, 2.45) is 0 Å². The molecule has 0 unspecified atom stereocenters. The van der Waals surface area contributed by atoms with E-state index < -0.39 is 0 Å². The number of hydrogen-bond acceptors (Lipinski definition) is 1. The quantitative estimate of drug-likeness (QED) is 0.569. The van der Waals surface area contributed by atoms with E-state index in [1.54, 1.807) is 0 Å². The summed E-state index contributed by atoms with van der Waals surface area (Å²) in [6.07, 6.45) is 9.24. The highest BCUT2D eigenvalue weighted by atomic mass is 15.0. The second-order valence-corrected chi connectivity index (χ2v) is 3.01. The van der Waals surface area contributed by atoms with Crippen LogP contribution in [0.2, 0.25) is 0 Å². The van der Waals surface area contributed by atoms with Gasteiger partial charge >= 0.3 is 0 Å². The molecule has 2 aromatic heterocycles. The van der Waals surface area contributed by atoms with E-state index in [1.807, 2.05) is 12.4 Å². The van der Waals surface area contributed by atoms with Crippen LogP contribution in [-0.4, -0.2) is 9.38 Å². The Labute approximate surface area is 70.2 Å². The van der Waals surface area contributed by atoms with Crippen molar-refractivity contribution in [1.29, 1.82) is 0 Å². The highest BCUT2D eigenvalue weighted by Gasteiger charge is 2.07. The van der Waals surface area contributed by atoms with Crippen LogP contribution in [0.25, 0.3) is 11.7 Å². The molecule has 2 heterocycles. The van der Waals surface area contributed by atoms with Gasteiger partial charge in [-0.25, -0.2) is 4.98 Å². The summed E-state index contributed by atoms with van der Waals surface area (Å²) in [6, 6.07) is 4.21. The van der Waals surface area contributed by atoms with E-state index in [-0.39, 0.29) is 0 Å². The molecule has 0 amide bonds. The van der Waals surface area contributed by atoms with Gasteiger partial charge in [-0.1, -0.05) is 12.1 Å². The Morgan fingerprint density at radius 2 is 2.33 bits per heavy atom. The Hall–Kier alpha value is -1.57. The first-order chi connectivity index (χ1) is 5.95. The Morgan fingerprint density at radius 3 is 3.33 bits per heavy atom. The Morgan fingerprint density at radius 1 is 1.33 bits per heavy atom. The number of allylic oxidation sites excluding steroid dienone is 1. The van der Waals surface area contributed by atoms with Crippen molar-refractivity contribution in [3.63, 3.8) is 0 Å². The number of nitrogens with zero attached hydrogens (tertiary/aromatic N) is 2. The highest BCUT2D eigenvalue weighted by Crippen LogP contribution is 2.20. The van der Waals surface area contributed by atoms with Gasteiger partial charge in [0.05, 0.1) is 5.69 Å². The largest absolute Gasteiger partial charge is 0.300 e. The zero-order chi connectivity index (χ0) is 7.97. The van der Waals surface area contributed by atoms with Gasteiger partial charge in [-0.2, -0.15) is 0 Å². The van der Waals surface area contributed by atoms with Gasteiger partial charge in [0, 0.05) is 12.4 Å². The fourth-order valence-electron chi connectivity index (χ4n) is 1.71. The Balaban J connectivity index is 2.52. The standard InChI is InChI=1S/C10H8N2/c1-2-8-4-5-10-11-6-7-12(10)9(8)3-1/h1,3-7H,2H2. The van der Waals surface area contributed by atoms with Gasteiger partial charge in [-0.3, -0.25) is 0 Å². The van der Waals surface area contributed by atoms with Crippen molar-refractivity contribution in [1.82, 2.24) is 9.38 Å². The van der Waals surface area contributed by atoms with E-state index >= 15 is 0 Å². The number of aromatic nitrogens is 2. The van der Waals surface area contributed by atoms with E-state index in [0.717, 1.165) is 12.1 Å². The van der Waals surface area contributed by atoms with Crippen molar-refractivity contribution in [2.45, 2.75) is 6.42 Å². The first-order valence-corrected chi connectivity index (χ1v) is 4.07. The molecule has 1 aliphatic rings. The SMILES string of the molecule is C1=Cc2c(ccc3nccn23)C1. The molecule has 58 valence electrons. The van der Waals surface area contributed by atoms with Crippen LogP contribution in [0.4, 0.5) is 0 Å². The van der Waals surface area contributed by atoms with Crippen LogP contribution in [0, 0.1) is 0 Å². The van der Waals surface area contributed by atoms with E-state index in [0.29, 0.717) is 0 Å². The van der Waals surface area contributed by atoms with Crippen molar-refractivity contribution in [3.8, 4) is 0 Å². The molecule has 0 aromatic carbocycles. The van der Waals surface area contributed by atoms with Gasteiger partial charge in [-0.05, 0) is 24.1 Å². The van der Waals surface area contributed by atoms with E-state index in [9.17, 15) is 0 Å². The molecule has 2 nitrogen and oxygen atoms in total. The van der Waals surface area contributed by atoms with Crippen LogP contribution in [0.1, 0.15) is 11.3 Å². The normalized spacial score (nSPS) is 14.0. The fraction of sp³-hybridized carbons (Fsp3) is 0.100. The summed E-state index contributed by atoms with van der Waals surface area (Å²) < 4.78 is 2.12. The lowest BCUT2D eigenvalue weighted by atomic mass is 10.2. The molecular weight excluding hydrogens is 148 g/mol. The maximum atomic E-state index is 4.23. The minimum Gasteiger partial charge on any atom is -0.300 e. The minimum absolute atomic E-state index is 1.03. The molecule has 0 bridgehead atoms. The van der Waals surface area contributed by atoms with Crippen LogP contribution in [-0.2, 0) is 6.42 Å². The molecule has 0 N–H and O–H groups in total. The summed E-state index contributed by atoms with van der Waals surface area (Å²) in [5, 5.41) is 0. The van der Waals surface area contributed by atoms with Gasteiger partial charge < -0.3 is 4.40 Å². The minimum atomic E-state index is 1.03. The van der Waals surface area contributed by atoms with Crippen LogP contribution in [0.3, 0.4) is 0 Å². The third-order valence-electron chi connectivity index (χ3n) is 2.30. The molecule has 3 rings (SSSR count). The molecule has 0 saturated heterocycles. The van der Waals surface area contributed by atoms with Crippen LogP contribution in [0.15, 0.2) is 30.6 Å². The average molecular weight is 156 g/mol. The van der Waals surface area contributed by atoms with Gasteiger partial charge in [0.25, 0.3) is 0 Å². The predicted molar refractivity (Wildman–Crippen MR) is 47.9 cm³/mol. The topological polar surface area (TPSA) is 17.3 Å². The van der Waals surface area contributed by atoms with Gasteiger partial charge in [0.15, 0.2) is 0 Å². The summed E-state index contributed by atoms with van der Waals surface area (Å²) in [5.74, 6) is 0. The van der Waals surface area contributed by atoms with Crippen molar-refractivity contribution in [2.75, 3.05) is 0 Å². The smallest absolute Gasteiger partial charge is 0.137 e. The molecule has 2 aromatic rings. The molecule has 0 atom stereocenters. The summed E-state index contributed by atoms with van der Waals surface area (Å²) in [4.78, 5) is 4.23. The third kappa shape index (κ3) is 0.619. The predicted octanol–water partition coefficient (Wildman–Crippen LogP) is 1.90. The second-order valence-electron chi connectivity index (χ2n) is 3.01. The van der Waals surface area contributed by atoms with Crippen LogP contribution < -0.4 is 0 Å². The lowest BCUT2D eigenvalue weighted by molar-refractivity contribution is 1.12. The lowest BCUT2D eigenvalue weighted by Gasteiger charge is -2.01. The number of pyridine rings is 1. The first kappa shape index (κ1) is 6.00. The Bertz CT molecular complexity index is 466. The molecule has 12 heavy (non-hydrogen) atoms. The lowest BCUT2D eigenvalue weighted by Crippen LogP contribution is -1.91. The fourth-order valence-corrected chi connectivity index (χ4v) is 1.71. The molecular formula is C10H8N2. The van der Waals surface area contributed by atoms with Crippen molar-refractivity contribution < 1.29 is 0 Å². The zero-order valence-corrected chi connectivity index (χ0v) is 6.57. The molecule has 1 aliphatic carbocycles. The molecule has 0 radical (unpaired) electrons. The number of fused-ring (bicyclic) bond motifs is 3. The van der Waals surface area contributed by atoms with Crippen molar-refractivity contribution in [3.05, 3.63) is 41.9 Å². The summed E-state index contributed by atoms with van der Waals surface area (Å²) >= 11 is 0. The first-order valence-electron chi connectivity index (χ1n) is 4.07. The number of hydrogen-bond donors (Lipinski definition) is 0. The summed E-state index contributed by atoms with van der Waals surface area (Å²) in [5.41, 5.74) is 3.70. The second kappa shape index (κ2) is 1.97. The molecule has 0 aliphatic heterocycles. The number of imidazole rings is 1. The van der Waals surface area contributed by atoms with E-state index in [1.165, 1.54) is 11.3 Å².